The van der Waals surface area contributed by atoms with Crippen LogP contribution < -0.4 is 16.0 Å². The second-order valence-corrected chi connectivity index (χ2v) is 7.56. The van der Waals surface area contributed by atoms with Crippen molar-refractivity contribution >= 4 is 17.7 Å². The number of nitrogens with one attached hydrogen (secondary N) is 3. The number of hydrogen-bond donors (Lipinski definition) is 3. The Bertz CT molecular complexity index is 530. The van der Waals surface area contributed by atoms with Crippen LogP contribution in [-0.2, 0) is 28.6 Å². The minimum atomic E-state index is -0.320. The van der Waals surface area contributed by atoms with Crippen molar-refractivity contribution in [2.45, 2.75) is 32.6 Å². The van der Waals surface area contributed by atoms with Crippen molar-refractivity contribution in [3.05, 3.63) is 38.0 Å². The number of carbonyl (C=O) groups is 3. The lowest BCUT2D eigenvalue weighted by Crippen LogP contribution is -2.38. The maximum absolute atomic E-state index is 11.2. The Labute approximate surface area is 198 Å². The van der Waals surface area contributed by atoms with E-state index < -0.39 is 0 Å². The van der Waals surface area contributed by atoms with E-state index in [0.717, 1.165) is 6.42 Å². The van der Waals surface area contributed by atoms with Crippen LogP contribution in [0.1, 0.15) is 32.6 Å². The molecule has 0 spiro atoms. The number of hydrogen-bond acceptors (Lipinski definition) is 6. The van der Waals surface area contributed by atoms with Gasteiger partial charge < -0.3 is 30.2 Å². The van der Waals surface area contributed by atoms with E-state index in [0.29, 0.717) is 78.5 Å². The summed E-state index contributed by atoms with van der Waals surface area (Å²) in [7, 11) is 0. The normalized spacial score (nSPS) is 10.8. The summed E-state index contributed by atoms with van der Waals surface area (Å²) in [6.07, 6.45) is 6.57. The fourth-order valence-electron chi connectivity index (χ4n) is 2.67. The molecule has 0 fully saturated rings. The summed E-state index contributed by atoms with van der Waals surface area (Å²) in [6.45, 7) is 16.7. The Morgan fingerprint density at radius 1 is 0.667 bits per heavy atom. The van der Waals surface area contributed by atoms with E-state index >= 15 is 0 Å². The molecule has 0 radical (unpaired) electrons. The van der Waals surface area contributed by atoms with Crippen LogP contribution in [0.15, 0.2) is 38.0 Å². The van der Waals surface area contributed by atoms with Gasteiger partial charge >= 0.3 is 0 Å². The first-order chi connectivity index (χ1) is 15.9. The van der Waals surface area contributed by atoms with Crippen LogP contribution in [0.3, 0.4) is 0 Å². The average molecular weight is 468 g/mol. The van der Waals surface area contributed by atoms with Crippen LogP contribution in [0.2, 0.25) is 0 Å². The molecule has 3 N–H and O–H groups in total. The lowest BCUT2D eigenvalue weighted by molar-refractivity contribution is -0.117. The van der Waals surface area contributed by atoms with Gasteiger partial charge in [-0.05, 0) is 43.9 Å². The summed E-state index contributed by atoms with van der Waals surface area (Å²) < 4.78 is 17.6. The number of carbonyl (C=O) groups excluding carboxylic acids is 3. The average Bonchev–Trinajstić information content (AvgIpc) is 2.84. The molecule has 0 aliphatic heterocycles. The smallest absolute Gasteiger partial charge is 0.243 e. The van der Waals surface area contributed by atoms with Crippen LogP contribution in [0.4, 0.5) is 0 Å². The lowest BCUT2D eigenvalue weighted by Gasteiger charge is -2.32. The van der Waals surface area contributed by atoms with Gasteiger partial charge in [-0.25, -0.2) is 0 Å². The Kier molecular flexibility index (Phi) is 18.6. The van der Waals surface area contributed by atoms with E-state index in [9.17, 15) is 14.4 Å². The second kappa shape index (κ2) is 20.1. The molecule has 0 aromatic rings. The van der Waals surface area contributed by atoms with E-state index in [-0.39, 0.29) is 23.1 Å². The molecule has 0 aromatic carbocycles. The Hall–Kier alpha value is -2.49. The molecule has 0 atom stereocenters. The molecule has 0 saturated carbocycles. The lowest BCUT2D eigenvalue weighted by atomic mass is 9.88. The molecule has 0 saturated heterocycles. The minimum Gasteiger partial charge on any atom is -0.381 e. The molecule has 0 rings (SSSR count). The zero-order chi connectivity index (χ0) is 24.8. The van der Waals surface area contributed by atoms with Crippen LogP contribution in [-0.4, -0.2) is 77.0 Å². The van der Waals surface area contributed by atoms with Crippen molar-refractivity contribution in [3.8, 4) is 0 Å². The molecule has 9 nitrogen and oxygen atoms in total. The van der Waals surface area contributed by atoms with Crippen molar-refractivity contribution in [2.24, 2.45) is 5.41 Å². The molecule has 0 aliphatic rings. The first-order valence-electron chi connectivity index (χ1n) is 11.4. The third-order valence-electron chi connectivity index (χ3n) is 4.82. The Balaban J connectivity index is 4.46. The summed E-state index contributed by atoms with van der Waals surface area (Å²) in [5.41, 5.74) is -0.320. The van der Waals surface area contributed by atoms with Gasteiger partial charge in [-0.1, -0.05) is 26.7 Å². The van der Waals surface area contributed by atoms with Crippen molar-refractivity contribution in [1.82, 2.24) is 16.0 Å². The number of rotatable bonds is 22. The van der Waals surface area contributed by atoms with Gasteiger partial charge in [0.05, 0.1) is 19.8 Å². The molecule has 9 heteroatoms. The predicted molar refractivity (Wildman–Crippen MR) is 129 cm³/mol. The highest BCUT2D eigenvalue weighted by molar-refractivity contribution is 5.87. The fourth-order valence-corrected chi connectivity index (χ4v) is 2.67. The Morgan fingerprint density at radius 2 is 0.970 bits per heavy atom. The van der Waals surface area contributed by atoms with Gasteiger partial charge in [0.25, 0.3) is 0 Å². The van der Waals surface area contributed by atoms with Gasteiger partial charge in [-0.15, -0.1) is 0 Å². The highest BCUT2D eigenvalue weighted by atomic mass is 16.5. The number of amides is 3. The first-order valence-corrected chi connectivity index (χ1v) is 11.4. The summed E-state index contributed by atoms with van der Waals surface area (Å²) in [4.78, 5) is 33.6. The standard InChI is InChI=1S/C24H41N3O6/c1-5-21(28)25-12-9-15-31-18-24(8-4,19-32-16-10-13-26-22(29)6-2)20-33-17-11-14-27-23(30)7-3/h5-7H,1-3,8-20H2,4H3,(H,25,28)(H,26,29)(H,27,30). The molecule has 0 unspecified atom stereocenters. The summed E-state index contributed by atoms with van der Waals surface area (Å²) >= 11 is 0. The van der Waals surface area contributed by atoms with Crippen LogP contribution in [0.25, 0.3) is 0 Å². The highest BCUT2D eigenvalue weighted by Crippen LogP contribution is 2.24. The van der Waals surface area contributed by atoms with Crippen molar-refractivity contribution in [3.63, 3.8) is 0 Å². The third kappa shape index (κ3) is 16.8. The highest BCUT2D eigenvalue weighted by Gasteiger charge is 2.29. The van der Waals surface area contributed by atoms with E-state index in [1.165, 1.54) is 18.2 Å². The molecule has 0 bridgehead atoms. The van der Waals surface area contributed by atoms with E-state index in [2.05, 4.69) is 42.6 Å². The van der Waals surface area contributed by atoms with Gasteiger partial charge in [0.15, 0.2) is 0 Å². The van der Waals surface area contributed by atoms with Gasteiger partial charge in [-0.2, -0.15) is 0 Å². The first kappa shape index (κ1) is 30.5. The van der Waals surface area contributed by atoms with E-state index in [1.807, 2.05) is 0 Å². The van der Waals surface area contributed by atoms with Crippen LogP contribution >= 0.6 is 0 Å². The van der Waals surface area contributed by atoms with Gasteiger partial charge in [-0.3, -0.25) is 14.4 Å². The maximum atomic E-state index is 11.2. The largest absolute Gasteiger partial charge is 0.381 e. The second-order valence-electron chi connectivity index (χ2n) is 7.56. The van der Waals surface area contributed by atoms with E-state index in [1.54, 1.807) is 0 Å². The van der Waals surface area contributed by atoms with Crippen LogP contribution in [0.5, 0.6) is 0 Å². The zero-order valence-electron chi connectivity index (χ0n) is 20.0. The van der Waals surface area contributed by atoms with Crippen molar-refractivity contribution < 1.29 is 28.6 Å². The summed E-state index contributed by atoms with van der Waals surface area (Å²) in [6, 6.07) is 0. The van der Waals surface area contributed by atoms with Gasteiger partial charge in [0, 0.05) is 44.9 Å². The molecular weight excluding hydrogens is 426 g/mol. The molecule has 33 heavy (non-hydrogen) atoms. The summed E-state index contributed by atoms with van der Waals surface area (Å²) in [5, 5.41) is 8.15. The molecular formula is C24H41N3O6. The molecule has 0 heterocycles. The fraction of sp³-hybridized carbons (Fsp3) is 0.625. The summed E-state index contributed by atoms with van der Waals surface area (Å²) in [5.74, 6) is -0.602. The number of ether oxygens (including phenoxy) is 3. The van der Waals surface area contributed by atoms with Crippen molar-refractivity contribution in [1.29, 1.82) is 0 Å². The molecule has 0 aromatic heterocycles. The van der Waals surface area contributed by atoms with Crippen molar-refractivity contribution in [2.75, 3.05) is 59.3 Å². The monoisotopic (exact) mass is 467 g/mol. The molecule has 0 aliphatic carbocycles. The van der Waals surface area contributed by atoms with Gasteiger partial charge in [0.1, 0.15) is 0 Å². The molecule has 188 valence electrons. The zero-order valence-corrected chi connectivity index (χ0v) is 20.0. The minimum absolute atomic E-state index is 0.201. The van der Waals surface area contributed by atoms with Gasteiger partial charge in [0.2, 0.25) is 17.7 Å². The topological polar surface area (TPSA) is 115 Å². The third-order valence-corrected chi connectivity index (χ3v) is 4.82. The SMILES string of the molecule is C=CC(=O)NCCCOCC(CC)(COCCCNC(=O)C=C)COCCCNC(=O)C=C. The van der Waals surface area contributed by atoms with E-state index in [4.69, 9.17) is 14.2 Å². The Morgan fingerprint density at radius 3 is 1.21 bits per heavy atom. The maximum Gasteiger partial charge on any atom is 0.243 e. The van der Waals surface area contributed by atoms with Crippen LogP contribution in [0, 0.1) is 5.41 Å². The predicted octanol–water partition coefficient (Wildman–Crippen LogP) is 1.51. The molecule has 3 amide bonds. The quantitative estimate of drug-likeness (QED) is 0.164.